The van der Waals surface area contributed by atoms with E-state index in [1.165, 1.54) is 0 Å². The van der Waals surface area contributed by atoms with Crippen molar-refractivity contribution in [2.45, 2.75) is 0 Å². The van der Waals surface area contributed by atoms with Crippen LogP contribution in [-0.4, -0.2) is 111 Å². The third-order valence-corrected chi connectivity index (χ3v) is 0. The average molecular weight is 818 g/mol. The average Bonchev–Trinajstić information content (AvgIpc) is 1.12. The molecule has 0 aromatic rings. The van der Waals surface area contributed by atoms with Crippen molar-refractivity contribution in [3.05, 3.63) is 0 Å². The van der Waals surface area contributed by atoms with Crippen LogP contribution in [0.1, 0.15) is 0 Å². The fourth-order valence-electron chi connectivity index (χ4n) is 0. The predicted octanol–water partition coefficient (Wildman–Crippen LogP) is -3.00. The maximum atomic E-state index is 8.88. The molecule has 0 saturated carbocycles. The monoisotopic (exact) mass is 820 g/mol. The molecule has 0 heterocycles. The van der Waals surface area contributed by atoms with E-state index in [1.807, 2.05) is 0 Å². The minimum absolute atomic E-state index is 0. The van der Waals surface area contributed by atoms with Crippen LogP contribution in [0.2, 0.25) is 0 Å². The summed E-state index contributed by atoms with van der Waals surface area (Å²) in [5.74, 6) is 0. The van der Waals surface area contributed by atoms with Gasteiger partial charge in [0.25, 0.3) is 0 Å². The largest absolute Gasteiger partial charge is 0.466 e. The molecule has 0 aliphatic rings. The van der Waals surface area contributed by atoms with Gasteiger partial charge in [0, 0.05) is 81.9 Å². The SMILES string of the molecule is O=P(O)(O)O.O=P(O)(O)O.[Pb].[Pb].[Pb]. The van der Waals surface area contributed by atoms with Crippen molar-refractivity contribution >= 4 is 97.5 Å². The van der Waals surface area contributed by atoms with Crippen molar-refractivity contribution < 1.29 is 38.5 Å². The van der Waals surface area contributed by atoms with Crippen LogP contribution in [-0.2, 0) is 9.13 Å². The van der Waals surface area contributed by atoms with Gasteiger partial charge in [-0.15, -0.1) is 0 Å². The predicted molar refractivity (Wildman–Crippen MR) is 45.8 cm³/mol. The van der Waals surface area contributed by atoms with Gasteiger partial charge in [-0.1, -0.05) is 0 Å². The van der Waals surface area contributed by atoms with Gasteiger partial charge in [-0.05, 0) is 0 Å². The summed E-state index contributed by atoms with van der Waals surface area (Å²) in [5, 5.41) is 0. The van der Waals surface area contributed by atoms with Crippen LogP contribution in [0.4, 0.5) is 0 Å². The second-order valence-electron chi connectivity index (χ2n) is 1.03. The molecule has 0 rings (SSSR count). The van der Waals surface area contributed by atoms with E-state index in [2.05, 4.69) is 0 Å². The molecule has 12 radical (unpaired) electrons. The number of rotatable bonds is 0. The van der Waals surface area contributed by atoms with Crippen molar-refractivity contribution in [2.75, 3.05) is 0 Å². The van der Waals surface area contributed by atoms with Crippen molar-refractivity contribution in [1.82, 2.24) is 0 Å². The maximum Gasteiger partial charge on any atom is 0.466 e. The Morgan fingerprint density at radius 2 is 0.538 bits per heavy atom. The van der Waals surface area contributed by atoms with Crippen LogP contribution in [0, 0.1) is 0 Å². The van der Waals surface area contributed by atoms with Gasteiger partial charge in [0.05, 0.1) is 0 Å². The van der Waals surface area contributed by atoms with Crippen molar-refractivity contribution in [1.29, 1.82) is 0 Å². The van der Waals surface area contributed by atoms with Gasteiger partial charge in [0.1, 0.15) is 0 Å². The Bertz CT molecular complexity index is 130. The molecule has 0 bridgehead atoms. The van der Waals surface area contributed by atoms with E-state index in [4.69, 9.17) is 38.5 Å². The molecule has 0 saturated heterocycles. The van der Waals surface area contributed by atoms with Crippen molar-refractivity contribution in [3.63, 3.8) is 0 Å². The number of hydrogen-bond acceptors (Lipinski definition) is 2. The molecule has 0 atom stereocenters. The van der Waals surface area contributed by atoms with E-state index < -0.39 is 15.6 Å². The third-order valence-electron chi connectivity index (χ3n) is 0. The molecular formula is H6O8P2Pb3. The molecule has 8 nitrogen and oxygen atoms in total. The van der Waals surface area contributed by atoms with Crippen LogP contribution in [0.15, 0.2) is 0 Å². The Balaban J connectivity index is -0.0000000267. The molecule has 0 amide bonds. The van der Waals surface area contributed by atoms with Gasteiger partial charge in [-0.2, -0.15) is 0 Å². The minimum atomic E-state index is -4.64. The molecule has 0 aromatic heterocycles. The first-order valence-electron chi connectivity index (χ1n) is 1.57. The molecule has 0 spiro atoms. The first-order valence-corrected chi connectivity index (χ1v) is 4.70. The molecule has 0 unspecified atom stereocenters. The van der Waals surface area contributed by atoms with E-state index in [-0.39, 0.29) is 81.9 Å². The smallest absolute Gasteiger partial charge is 0.303 e. The standard InChI is InChI=1S/2H3O4P.3Pb/c2*1-5(2,3)4;;;/h2*(H3,1,2,3,4);;;. The fourth-order valence-corrected chi connectivity index (χ4v) is 0. The number of phosphoric acid groups is 2. The zero-order valence-electron chi connectivity index (χ0n) is 5.89. The molecule has 6 N–H and O–H groups in total. The van der Waals surface area contributed by atoms with E-state index >= 15 is 0 Å². The van der Waals surface area contributed by atoms with E-state index in [0.29, 0.717) is 0 Å². The van der Waals surface area contributed by atoms with Gasteiger partial charge in [-0.3, -0.25) is 0 Å². The maximum absolute atomic E-state index is 8.88. The summed E-state index contributed by atoms with van der Waals surface area (Å²) in [4.78, 5) is 43.1. The second kappa shape index (κ2) is 13.1. The molecular weight excluding hydrogens is 812 g/mol. The summed E-state index contributed by atoms with van der Waals surface area (Å²) >= 11 is 0. The zero-order chi connectivity index (χ0) is 9.00. The van der Waals surface area contributed by atoms with E-state index in [9.17, 15) is 0 Å². The molecule has 76 valence electrons. The molecule has 13 heavy (non-hydrogen) atoms. The van der Waals surface area contributed by atoms with Gasteiger partial charge in [0.15, 0.2) is 0 Å². The molecule has 0 fully saturated rings. The van der Waals surface area contributed by atoms with Gasteiger partial charge >= 0.3 is 15.6 Å². The number of hydrogen-bond donors (Lipinski definition) is 6. The van der Waals surface area contributed by atoms with Gasteiger partial charge < -0.3 is 29.4 Å². The van der Waals surface area contributed by atoms with E-state index in [1.54, 1.807) is 0 Å². The van der Waals surface area contributed by atoms with Crippen molar-refractivity contribution in [3.8, 4) is 0 Å². The van der Waals surface area contributed by atoms with Crippen LogP contribution in [0.25, 0.3) is 0 Å². The zero-order valence-corrected chi connectivity index (χ0v) is 19.3. The Morgan fingerprint density at radius 3 is 0.538 bits per heavy atom. The molecule has 0 aliphatic heterocycles. The summed E-state index contributed by atoms with van der Waals surface area (Å²) in [6.07, 6.45) is 0. The molecule has 0 aliphatic carbocycles. The summed E-state index contributed by atoms with van der Waals surface area (Å²) in [7, 11) is -9.28. The Hall–Kier alpha value is 2.99. The normalized spacial score (nSPS) is 9.08. The Morgan fingerprint density at radius 1 is 0.538 bits per heavy atom. The van der Waals surface area contributed by atoms with Crippen molar-refractivity contribution in [2.24, 2.45) is 0 Å². The quantitative estimate of drug-likeness (QED) is 0.112. The van der Waals surface area contributed by atoms with Crippen LogP contribution in [0.3, 0.4) is 0 Å². The second-order valence-corrected chi connectivity index (χ2v) is 3.08. The summed E-state index contributed by atoms with van der Waals surface area (Å²) in [5.41, 5.74) is 0. The van der Waals surface area contributed by atoms with E-state index in [0.717, 1.165) is 0 Å². The van der Waals surface area contributed by atoms with Crippen LogP contribution >= 0.6 is 15.6 Å². The first-order chi connectivity index (χ1) is 4.00. The topological polar surface area (TPSA) is 156 Å². The Kier molecular flexibility index (Phi) is 29.9. The third kappa shape index (κ3) is 283. The Labute approximate surface area is 134 Å². The minimum Gasteiger partial charge on any atom is -0.303 e. The van der Waals surface area contributed by atoms with Gasteiger partial charge in [0.2, 0.25) is 0 Å². The van der Waals surface area contributed by atoms with Gasteiger partial charge in [-0.25, -0.2) is 9.13 Å². The van der Waals surface area contributed by atoms with Crippen LogP contribution in [0.5, 0.6) is 0 Å². The first kappa shape index (κ1) is 29.7. The molecule has 0 aromatic carbocycles. The summed E-state index contributed by atoms with van der Waals surface area (Å²) in [6, 6.07) is 0. The molecule has 13 heteroatoms. The fraction of sp³-hybridized carbons (Fsp3) is 0. The summed E-state index contributed by atoms with van der Waals surface area (Å²) < 4.78 is 17.8. The van der Waals surface area contributed by atoms with Crippen LogP contribution < -0.4 is 0 Å². The summed E-state index contributed by atoms with van der Waals surface area (Å²) in [6.45, 7) is 0.